The molecular weight excluding hydrogens is 450 g/mol. The minimum absolute atomic E-state index is 0.154. The Hall–Kier alpha value is -3.04. The fraction of sp³-hybridized carbons (Fsp3) is 0.273. The molecule has 0 saturated heterocycles. The van der Waals surface area contributed by atoms with Crippen molar-refractivity contribution >= 4 is 40.9 Å². The number of halogens is 1. The molecule has 0 radical (unpaired) electrons. The highest BCUT2D eigenvalue weighted by Crippen LogP contribution is 2.26. The van der Waals surface area contributed by atoms with Crippen molar-refractivity contribution in [2.75, 3.05) is 18.2 Å². The molecule has 0 fully saturated rings. The Labute approximate surface area is 195 Å². The number of nitrogens with zero attached hydrogens (tertiary/aromatic N) is 3. The van der Waals surface area contributed by atoms with Crippen LogP contribution in [-0.2, 0) is 17.9 Å². The molecule has 1 aromatic heterocycles. The van der Waals surface area contributed by atoms with E-state index in [1.54, 1.807) is 31.4 Å². The molecule has 0 aliphatic rings. The number of aryl methyl sites for hydroxylation is 1. The minimum atomic E-state index is -0.290. The molecule has 2 amide bonds. The topological polar surface area (TPSA) is 98.1 Å². The van der Waals surface area contributed by atoms with Crippen LogP contribution >= 0.6 is 23.4 Å². The van der Waals surface area contributed by atoms with E-state index < -0.39 is 0 Å². The van der Waals surface area contributed by atoms with Crippen LogP contribution in [-0.4, -0.2) is 39.4 Å². The number of benzene rings is 2. The number of hydrogen-bond acceptors (Lipinski definition) is 6. The minimum Gasteiger partial charge on any atom is -0.495 e. The summed E-state index contributed by atoms with van der Waals surface area (Å²) in [4.78, 5) is 24.8. The highest BCUT2D eigenvalue weighted by atomic mass is 35.5. The molecule has 0 aliphatic carbocycles. The lowest BCUT2D eigenvalue weighted by molar-refractivity contribution is -0.113. The van der Waals surface area contributed by atoms with Crippen molar-refractivity contribution in [1.82, 2.24) is 20.1 Å². The van der Waals surface area contributed by atoms with Crippen molar-refractivity contribution in [2.24, 2.45) is 0 Å². The molecule has 10 heteroatoms. The summed E-state index contributed by atoms with van der Waals surface area (Å²) in [7, 11) is 1.56. The predicted octanol–water partition coefficient (Wildman–Crippen LogP) is 3.93. The third-order valence-corrected chi connectivity index (χ3v) is 5.89. The van der Waals surface area contributed by atoms with Gasteiger partial charge in [0.2, 0.25) is 5.91 Å². The Balaban J connectivity index is 1.60. The molecule has 168 valence electrons. The molecule has 2 N–H and O–H groups in total. The van der Waals surface area contributed by atoms with E-state index in [1.165, 1.54) is 11.8 Å². The van der Waals surface area contributed by atoms with E-state index in [2.05, 4.69) is 20.8 Å². The number of aromatic nitrogens is 3. The standard InChI is InChI=1S/C22H24ClN5O3S/c1-4-28-19(12-24-21(30)15-7-5-6-8-16(15)23)26-27-22(28)32-13-20(29)25-17-11-14(2)9-10-18(17)31-3/h5-11H,4,12-13H2,1-3H3,(H,24,30)(H,25,29). The maximum atomic E-state index is 12.5. The number of ether oxygens (including phenoxy) is 1. The summed E-state index contributed by atoms with van der Waals surface area (Å²) in [5.41, 5.74) is 2.04. The molecule has 3 rings (SSSR count). The normalized spacial score (nSPS) is 10.6. The second-order valence-corrected chi connectivity index (χ2v) is 8.20. The maximum Gasteiger partial charge on any atom is 0.253 e. The number of carbonyl (C=O) groups excluding carboxylic acids is 2. The second kappa shape index (κ2) is 11.0. The number of methoxy groups -OCH3 is 1. The highest BCUT2D eigenvalue weighted by molar-refractivity contribution is 7.99. The Morgan fingerprint density at radius 3 is 2.69 bits per heavy atom. The summed E-state index contributed by atoms with van der Waals surface area (Å²) >= 11 is 7.35. The lowest BCUT2D eigenvalue weighted by Crippen LogP contribution is -2.25. The number of hydrogen-bond donors (Lipinski definition) is 2. The van der Waals surface area contributed by atoms with E-state index in [9.17, 15) is 9.59 Å². The molecule has 0 aliphatic heterocycles. The van der Waals surface area contributed by atoms with E-state index >= 15 is 0 Å². The van der Waals surface area contributed by atoms with Crippen LogP contribution in [0, 0.1) is 6.92 Å². The zero-order valence-corrected chi connectivity index (χ0v) is 19.6. The van der Waals surface area contributed by atoms with Crippen LogP contribution in [0.4, 0.5) is 5.69 Å². The van der Waals surface area contributed by atoms with Crippen LogP contribution in [0.25, 0.3) is 0 Å². The molecule has 8 nitrogen and oxygen atoms in total. The summed E-state index contributed by atoms with van der Waals surface area (Å²) in [5.74, 6) is 0.875. The fourth-order valence-electron chi connectivity index (χ4n) is 3.01. The Kier molecular flexibility index (Phi) is 8.13. The lowest BCUT2D eigenvalue weighted by atomic mass is 10.2. The molecule has 0 saturated carbocycles. The second-order valence-electron chi connectivity index (χ2n) is 6.85. The average molecular weight is 474 g/mol. The maximum absolute atomic E-state index is 12.5. The van der Waals surface area contributed by atoms with Crippen LogP contribution < -0.4 is 15.4 Å². The zero-order chi connectivity index (χ0) is 23.1. The Bertz CT molecular complexity index is 1120. The number of rotatable bonds is 9. The van der Waals surface area contributed by atoms with Crippen molar-refractivity contribution in [3.63, 3.8) is 0 Å². The summed E-state index contributed by atoms with van der Waals surface area (Å²) < 4.78 is 7.16. The average Bonchev–Trinajstić information content (AvgIpc) is 3.18. The van der Waals surface area contributed by atoms with Gasteiger partial charge in [-0.25, -0.2) is 0 Å². The lowest BCUT2D eigenvalue weighted by Gasteiger charge is -2.11. The predicted molar refractivity (Wildman–Crippen MR) is 125 cm³/mol. The number of carbonyl (C=O) groups is 2. The van der Waals surface area contributed by atoms with Gasteiger partial charge in [0, 0.05) is 6.54 Å². The molecular formula is C22H24ClN5O3S. The van der Waals surface area contributed by atoms with E-state index in [1.807, 2.05) is 36.6 Å². The first-order chi connectivity index (χ1) is 15.4. The van der Waals surface area contributed by atoms with Crippen molar-refractivity contribution in [1.29, 1.82) is 0 Å². The first-order valence-corrected chi connectivity index (χ1v) is 11.3. The summed E-state index contributed by atoms with van der Waals surface area (Å²) in [6.07, 6.45) is 0. The number of thioether (sulfide) groups is 1. The van der Waals surface area contributed by atoms with Crippen molar-refractivity contribution in [2.45, 2.75) is 32.1 Å². The van der Waals surface area contributed by atoms with Gasteiger partial charge in [0.1, 0.15) is 5.75 Å². The summed E-state index contributed by atoms with van der Waals surface area (Å²) in [5, 5.41) is 15.0. The number of amides is 2. The van der Waals surface area contributed by atoms with E-state index in [0.29, 0.717) is 39.5 Å². The molecule has 0 atom stereocenters. The van der Waals surface area contributed by atoms with Gasteiger partial charge < -0.3 is 19.9 Å². The van der Waals surface area contributed by atoms with E-state index in [-0.39, 0.29) is 24.1 Å². The van der Waals surface area contributed by atoms with Crippen LogP contribution in [0.2, 0.25) is 5.02 Å². The monoisotopic (exact) mass is 473 g/mol. The molecule has 3 aromatic rings. The van der Waals surface area contributed by atoms with Gasteiger partial charge in [0.15, 0.2) is 11.0 Å². The van der Waals surface area contributed by atoms with Crippen LogP contribution in [0.15, 0.2) is 47.6 Å². The van der Waals surface area contributed by atoms with Gasteiger partial charge >= 0.3 is 0 Å². The molecule has 1 heterocycles. The molecule has 0 bridgehead atoms. The highest BCUT2D eigenvalue weighted by Gasteiger charge is 2.16. The van der Waals surface area contributed by atoms with Gasteiger partial charge in [-0.2, -0.15) is 0 Å². The summed E-state index contributed by atoms with van der Waals surface area (Å²) in [6, 6.07) is 12.4. The fourth-order valence-corrected chi connectivity index (χ4v) is 4.05. The zero-order valence-electron chi connectivity index (χ0n) is 18.0. The third-order valence-electron chi connectivity index (χ3n) is 4.60. The molecule has 0 unspecified atom stereocenters. The van der Waals surface area contributed by atoms with Crippen molar-refractivity contribution < 1.29 is 14.3 Å². The van der Waals surface area contributed by atoms with Crippen LogP contribution in [0.5, 0.6) is 5.75 Å². The van der Waals surface area contributed by atoms with E-state index in [0.717, 1.165) is 5.56 Å². The Morgan fingerprint density at radius 2 is 1.97 bits per heavy atom. The molecule has 0 spiro atoms. The first-order valence-electron chi connectivity index (χ1n) is 9.95. The first kappa shape index (κ1) is 23.6. The third kappa shape index (κ3) is 5.80. The molecule has 32 heavy (non-hydrogen) atoms. The van der Waals surface area contributed by atoms with E-state index in [4.69, 9.17) is 16.3 Å². The quantitative estimate of drug-likeness (QED) is 0.457. The van der Waals surface area contributed by atoms with Crippen molar-refractivity contribution in [3.05, 3.63) is 64.4 Å². The largest absolute Gasteiger partial charge is 0.495 e. The molecule has 2 aromatic carbocycles. The number of nitrogens with one attached hydrogen (secondary N) is 2. The van der Waals surface area contributed by atoms with Crippen LogP contribution in [0.3, 0.4) is 0 Å². The van der Waals surface area contributed by atoms with Gasteiger partial charge in [-0.3, -0.25) is 9.59 Å². The van der Waals surface area contributed by atoms with Crippen LogP contribution in [0.1, 0.15) is 28.7 Å². The van der Waals surface area contributed by atoms with Gasteiger partial charge in [0.05, 0.1) is 35.7 Å². The van der Waals surface area contributed by atoms with Gasteiger partial charge in [-0.05, 0) is 43.7 Å². The smallest absolute Gasteiger partial charge is 0.253 e. The number of anilines is 1. The van der Waals surface area contributed by atoms with Gasteiger partial charge in [0.25, 0.3) is 5.91 Å². The summed E-state index contributed by atoms with van der Waals surface area (Å²) in [6.45, 7) is 4.68. The SMILES string of the molecule is CCn1c(CNC(=O)c2ccccc2Cl)nnc1SCC(=O)Nc1cc(C)ccc1OC. The Morgan fingerprint density at radius 1 is 1.19 bits per heavy atom. The van der Waals surface area contributed by atoms with Gasteiger partial charge in [-0.15, -0.1) is 10.2 Å². The van der Waals surface area contributed by atoms with Gasteiger partial charge in [-0.1, -0.05) is 41.6 Å². The van der Waals surface area contributed by atoms with Crippen molar-refractivity contribution in [3.8, 4) is 5.75 Å².